The number of rotatable bonds is 2. The van der Waals surface area contributed by atoms with Crippen LogP contribution >= 0.6 is 0 Å². The molecule has 0 bridgehead atoms. The number of ether oxygens (including phenoxy) is 1. The van der Waals surface area contributed by atoms with E-state index in [-0.39, 0.29) is 12.2 Å². The first-order valence-electron chi connectivity index (χ1n) is 4.38. The standard InChI is InChI=1S/C9H18O2/c1-8-3-5-9(7-10,11-2)6-4-8/h8,10H,3-7H2,1-2H3. The van der Waals surface area contributed by atoms with Crippen LogP contribution in [0.4, 0.5) is 0 Å². The lowest BCUT2D eigenvalue weighted by atomic mass is 9.80. The molecule has 0 saturated heterocycles. The van der Waals surface area contributed by atoms with Crippen LogP contribution < -0.4 is 0 Å². The zero-order valence-electron chi connectivity index (χ0n) is 7.47. The molecule has 2 nitrogen and oxygen atoms in total. The van der Waals surface area contributed by atoms with Gasteiger partial charge >= 0.3 is 0 Å². The van der Waals surface area contributed by atoms with E-state index < -0.39 is 0 Å². The van der Waals surface area contributed by atoms with Gasteiger partial charge in [-0.25, -0.2) is 0 Å². The van der Waals surface area contributed by atoms with E-state index in [1.54, 1.807) is 7.11 Å². The third-order valence-corrected chi connectivity index (χ3v) is 2.91. The highest BCUT2D eigenvalue weighted by Crippen LogP contribution is 2.33. The second-order valence-corrected chi connectivity index (χ2v) is 3.73. The molecule has 0 aromatic carbocycles. The van der Waals surface area contributed by atoms with E-state index in [0.717, 1.165) is 18.8 Å². The normalized spacial score (nSPS) is 39.0. The molecule has 0 unspecified atom stereocenters. The molecule has 0 heterocycles. The molecule has 0 amide bonds. The SMILES string of the molecule is COC1(CO)CCC(C)CC1. The van der Waals surface area contributed by atoms with Gasteiger partial charge in [0.2, 0.25) is 0 Å². The molecular formula is C9H18O2. The highest BCUT2D eigenvalue weighted by atomic mass is 16.5. The van der Waals surface area contributed by atoms with Crippen molar-refractivity contribution in [2.24, 2.45) is 5.92 Å². The summed E-state index contributed by atoms with van der Waals surface area (Å²) in [6.45, 7) is 2.44. The Labute approximate surface area is 68.6 Å². The summed E-state index contributed by atoms with van der Waals surface area (Å²) in [5.41, 5.74) is -0.202. The molecule has 1 saturated carbocycles. The number of aliphatic hydroxyl groups is 1. The van der Waals surface area contributed by atoms with Crippen molar-refractivity contribution in [3.8, 4) is 0 Å². The number of hydrogen-bond acceptors (Lipinski definition) is 2. The molecular weight excluding hydrogens is 140 g/mol. The monoisotopic (exact) mass is 158 g/mol. The Morgan fingerprint density at radius 1 is 1.45 bits per heavy atom. The maximum Gasteiger partial charge on any atom is 0.0908 e. The second-order valence-electron chi connectivity index (χ2n) is 3.73. The van der Waals surface area contributed by atoms with E-state index in [2.05, 4.69) is 6.92 Å². The summed E-state index contributed by atoms with van der Waals surface area (Å²) in [6.07, 6.45) is 4.41. The Balaban J connectivity index is 2.45. The van der Waals surface area contributed by atoms with Crippen molar-refractivity contribution in [3.05, 3.63) is 0 Å². The van der Waals surface area contributed by atoms with Gasteiger partial charge in [-0.1, -0.05) is 6.92 Å². The first kappa shape index (κ1) is 9.01. The van der Waals surface area contributed by atoms with Gasteiger partial charge in [-0.2, -0.15) is 0 Å². The van der Waals surface area contributed by atoms with E-state index in [9.17, 15) is 0 Å². The summed E-state index contributed by atoms with van der Waals surface area (Å²) in [5, 5.41) is 9.10. The summed E-state index contributed by atoms with van der Waals surface area (Å²) in [7, 11) is 1.70. The second kappa shape index (κ2) is 3.55. The van der Waals surface area contributed by atoms with Gasteiger partial charge < -0.3 is 9.84 Å². The zero-order valence-corrected chi connectivity index (χ0v) is 7.47. The molecule has 0 aromatic rings. The van der Waals surface area contributed by atoms with Crippen molar-refractivity contribution in [2.75, 3.05) is 13.7 Å². The van der Waals surface area contributed by atoms with Crippen molar-refractivity contribution in [1.82, 2.24) is 0 Å². The van der Waals surface area contributed by atoms with Crippen LogP contribution in [0.1, 0.15) is 32.6 Å². The zero-order chi connectivity index (χ0) is 8.32. The molecule has 1 N–H and O–H groups in total. The van der Waals surface area contributed by atoms with E-state index in [1.807, 2.05) is 0 Å². The average Bonchev–Trinajstić information content (AvgIpc) is 2.07. The van der Waals surface area contributed by atoms with Gasteiger partial charge in [0, 0.05) is 7.11 Å². The van der Waals surface area contributed by atoms with Crippen LogP contribution in [-0.4, -0.2) is 24.4 Å². The molecule has 66 valence electrons. The Kier molecular flexibility index (Phi) is 2.90. The predicted molar refractivity (Wildman–Crippen MR) is 44.5 cm³/mol. The number of methoxy groups -OCH3 is 1. The van der Waals surface area contributed by atoms with Crippen LogP contribution in [0, 0.1) is 5.92 Å². The lowest BCUT2D eigenvalue weighted by Crippen LogP contribution is -2.39. The number of hydrogen-bond donors (Lipinski definition) is 1. The van der Waals surface area contributed by atoms with Crippen molar-refractivity contribution < 1.29 is 9.84 Å². The predicted octanol–water partition coefficient (Wildman–Crippen LogP) is 1.57. The van der Waals surface area contributed by atoms with Gasteiger partial charge in [-0.15, -0.1) is 0 Å². The van der Waals surface area contributed by atoms with Crippen molar-refractivity contribution in [2.45, 2.75) is 38.2 Å². The quantitative estimate of drug-likeness (QED) is 0.661. The molecule has 1 aliphatic rings. The highest BCUT2D eigenvalue weighted by molar-refractivity contribution is 4.85. The molecule has 11 heavy (non-hydrogen) atoms. The van der Waals surface area contributed by atoms with Gasteiger partial charge in [0.25, 0.3) is 0 Å². The number of aliphatic hydroxyl groups excluding tert-OH is 1. The van der Waals surface area contributed by atoms with E-state index in [1.165, 1.54) is 12.8 Å². The van der Waals surface area contributed by atoms with Crippen LogP contribution in [0.5, 0.6) is 0 Å². The Hall–Kier alpha value is -0.0800. The van der Waals surface area contributed by atoms with Crippen molar-refractivity contribution in [1.29, 1.82) is 0 Å². The van der Waals surface area contributed by atoms with E-state index >= 15 is 0 Å². The molecule has 2 heteroatoms. The third-order valence-electron chi connectivity index (χ3n) is 2.91. The average molecular weight is 158 g/mol. The fraction of sp³-hybridized carbons (Fsp3) is 1.00. The van der Waals surface area contributed by atoms with Crippen LogP contribution in [0.15, 0.2) is 0 Å². The summed E-state index contributed by atoms with van der Waals surface area (Å²) in [6, 6.07) is 0. The Bertz CT molecular complexity index is 109. The minimum absolute atomic E-state index is 0.177. The van der Waals surface area contributed by atoms with Crippen LogP contribution in [0.3, 0.4) is 0 Å². The van der Waals surface area contributed by atoms with Gasteiger partial charge in [0.05, 0.1) is 12.2 Å². The molecule has 1 aliphatic carbocycles. The molecule has 0 aliphatic heterocycles. The minimum atomic E-state index is -0.202. The summed E-state index contributed by atoms with van der Waals surface area (Å²) in [5.74, 6) is 0.810. The smallest absolute Gasteiger partial charge is 0.0908 e. The Morgan fingerprint density at radius 2 is 2.00 bits per heavy atom. The Morgan fingerprint density at radius 3 is 2.36 bits per heavy atom. The molecule has 0 spiro atoms. The molecule has 1 fully saturated rings. The fourth-order valence-electron chi connectivity index (χ4n) is 1.72. The van der Waals surface area contributed by atoms with Gasteiger partial charge in [-0.05, 0) is 31.6 Å². The minimum Gasteiger partial charge on any atom is -0.393 e. The fourth-order valence-corrected chi connectivity index (χ4v) is 1.72. The van der Waals surface area contributed by atoms with E-state index in [4.69, 9.17) is 9.84 Å². The largest absolute Gasteiger partial charge is 0.393 e. The summed E-state index contributed by atoms with van der Waals surface area (Å²) < 4.78 is 5.33. The molecule has 0 radical (unpaired) electrons. The van der Waals surface area contributed by atoms with Gasteiger partial charge in [0.15, 0.2) is 0 Å². The maximum absolute atomic E-state index is 9.10. The van der Waals surface area contributed by atoms with Crippen LogP contribution in [0.2, 0.25) is 0 Å². The van der Waals surface area contributed by atoms with Crippen LogP contribution in [0.25, 0.3) is 0 Å². The first-order valence-corrected chi connectivity index (χ1v) is 4.38. The van der Waals surface area contributed by atoms with Crippen molar-refractivity contribution in [3.63, 3.8) is 0 Å². The topological polar surface area (TPSA) is 29.5 Å². The van der Waals surface area contributed by atoms with Crippen molar-refractivity contribution >= 4 is 0 Å². The summed E-state index contributed by atoms with van der Waals surface area (Å²) in [4.78, 5) is 0. The van der Waals surface area contributed by atoms with Gasteiger partial charge in [0.1, 0.15) is 0 Å². The highest BCUT2D eigenvalue weighted by Gasteiger charge is 2.33. The lowest BCUT2D eigenvalue weighted by Gasteiger charge is -2.36. The third kappa shape index (κ3) is 1.94. The van der Waals surface area contributed by atoms with Gasteiger partial charge in [-0.3, -0.25) is 0 Å². The first-order chi connectivity index (χ1) is 5.22. The van der Waals surface area contributed by atoms with E-state index in [0.29, 0.717) is 0 Å². The molecule has 1 rings (SSSR count). The molecule has 0 aromatic heterocycles. The molecule has 0 atom stereocenters. The lowest BCUT2D eigenvalue weighted by molar-refractivity contribution is -0.0820. The maximum atomic E-state index is 9.10. The van der Waals surface area contributed by atoms with Crippen LogP contribution in [-0.2, 0) is 4.74 Å². The summed E-state index contributed by atoms with van der Waals surface area (Å²) >= 11 is 0.